The molecule has 2 atom stereocenters. The lowest BCUT2D eigenvalue weighted by Crippen LogP contribution is -2.56. The first kappa shape index (κ1) is 42.2. The molecule has 0 spiro atoms. The third-order valence-corrected chi connectivity index (χ3v) is 10.8. The highest BCUT2D eigenvalue weighted by Crippen LogP contribution is 2.37. The number of nitrogens with zero attached hydrogens (tertiary/aromatic N) is 7. The molecule has 2 fully saturated rings. The van der Waals surface area contributed by atoms with E-state index in [0.717, 1.165) is 72.4 Å². The Bertz CT molecular complexity index is 1920. The number of aromatic nitrogens is 2. The number of likely N-dealkylation sites (tertiary alicyclic amines) is 1. The second-order valence-electron chi connectivity index (χ2n) is 17.1. The molecule has 6 rings (SSSR count). The van der Waals surface area contributed by atoms with E-state index >= 15 is 0 Å². The van der Waals surface area contributed by atoms with Gasteiger partial charge in [0, 0.05) is 62.0 Å². The zero-order chi connectivity index (χ0) is 40.7. The highest BCUT2D eigenvalue weighted by Gasteiger charge is 2.36. The summed E-state index contributed by atoms with van der Waals surface area (Å²) in [7, 11) is 0. The lowest BCUT2D eigenvalue weighted by molar-refractivity contribution is -0.156. The van der Waals surface area contributed by atoms with E-state index < -0.39 is 17.3 Å². The fourth-order valence-electron chi connectivity index (χ4n) is 7.92. The van der Waals surface area contributed by atoms with Crippen molar-refractivity contribution in [1.29, 1.82) is 5.26 Å². The molecular formula is C43H58ClN7O6. The Hall–Kier alpha value is -4.38. The van der Waals surface area contributed by atoms with Gasteiger partial charge in [-0.15, -0.1) is 0 Å². The Morgan fingerprint density at radius 2 is 1.70 bits per heavy atom. The molecule has 57 heavy (non-hydrogen) atoms. The Balaban J connectivity index is 1.17. The number of rotatable bonds is 13. The number of fused-ring (bicyclic) bond motifs is 2. The SMILES string of the molecule is CC(C)(C)OC(=O)CCOCCCN1CCC[C@H]1COc1nc2c(c(N3CCN(C(=O)OC(C)(C)C)[C@@H](CC#N)C3)n1)CCN(c1cccc3cccc(Cl)c13)C2. The molecule has 3 aliphatic heterocycles. The van der Waals surface area contributed by atoms with Crippen LogP contribution in [-0.4, -0.2) is 114 Å². The van der Waals surface area contributed by atoms with E-state index in [1.807, 2.05) is 53.7 Å². The van der Waals surface area contributed by atoms with Gasteiger partial charge in [0.1, 0.15) is 23.6 Å². The van der Waals surface area contributed by atoms with Crippen molar-refractivity contribution in [3.8, 4) is 12.1 Å². The number of nitriles is 1. The molecule has 2 saturated heterocycles. The lowest BCUT2D eigenvalue weighted by Gasteiger charge is -2.42. The van der Waals surface area contributed by atoms with Crippen molar-refractivity contribution in [3.05, 3.63) is 52.7 Å². The normalized spacial score (nSPS) is 19.0. The first-order chi connectivity index (χ1) is 27.2. The van der Waals surface area contributed by atoms with E-state index in [-0.39, 0.29) is 30.9 Å². The monoisotopic (exact) mass is 803 g/mol. The quantitative estimate of drug-likeness (QED) is 0.128. The van der Waals surface area contributed by atoms with Crippen LogP contribution in [0.3, 0.4) is 0 Å². The van der Waals surface area contributed by atoms with Crippen molar-refractivity contribution in [2.24, 2.45) is 0 Å². The number of carbonyl (C=O) groups excluding carboxylic acids is 2. The van der Waals surface area contributed by atoms with Crippen LogP contribution < -0.4 is 14.5 Å². The highest BCUT2D eigenvalue weighted by atomic mass is 35.5. The molecule has 0 unspecified atom stereocenters. The second kappa shape index (κ2) is 18.5. The van der Waals surface area contributed by atoms with E-state index in [9.17, 15) is 14.9 Å². The summed E-state index contributed by atoms with van der Waals surface area (Å²) in [5.74, 6) is 0.548. The zero-order valence-corrected chi connectivity index (χ0v) is 35.1. The number of hydrogen-bond donors (Lipinski definition) is 0. The molecule has 3 aromatic rings. The summed E-state index contributed by atoms with van der Waals surface area (Å²) in [5.41, 5.74) is 1.86. The van der Waals surface area contributed by atoms with E-state index in [1.54, 1.807) is 4.90 Å². The number of amides is 1. The molecule has 2 aromatic carbocycles. The van der Waals surface area contributed by atoms with E-state index in [1.165, 1.54) is 0 Å². The van der Waals surface area contributed by atoms with Crippen LogP contribution in [0.1, 0.15) is 84.9 Å². The third-order valence-electron chi connectivity index (χ3n) is 10.4. The van der Waals surface area contributed by atoms with Crippen molar-refractivity contribution in [3.63, 3.8) is 0 Å². The van der Waals surface area contributed by atoms with Gasteiger partial charge in [0.05, 0.1) is 48.8 Å². The third kappa shape index (κ3) is 11.2. The van der Waals surface area contributed by atoms with Gasteiger partial charge in [-0.1, -0.05) is 35.9 Å². The number of benzene rings is 2. The molecule has 0 bridgehead atoms. The maximum Gasteiger partial charge on any atom is 0.410 e. The first-order valence-electron chi connectivity index (χ1n) is 20.3. The van der Waals surface area contributed by atoms with Crippen molar-refractivity contribution in [2.75, 3.05) is 68.9 Å². The minimum atomic E-state index is -0.643. The predicted molar refractivity (Wildman–Crippen MR) is 221 cm³/mol. The molecule has 14 heteroatoms. The molecule has 0 aliphatic carbocycles. The van der Waals surface area contributed by atoms with Gasteiger partial charge < -0.3 is 33.6 Å². The Labute approximate surface area is 342 Å². The van der Waals surface area contributed by atoms with Gasteiger partial charge in [0.2, 0.25) is 0 Å². The molecule has 0 saturated carbocycles. The van der Waals surface area contributed by atoms with Crippen LogP contribution in [0.5, 0.6) is 6.01 Å². The average Bonchev–Trinajstić information content (AvgIpc) is 3.60. The molecule has 308 valence electrons. The minimum Gasteiger partial charge on any atom is -0.462 e. The number of ether oxygens (including phenoxy) is 4. The van der Waals surface area contributed by atoms with Crippen LogP contribution in [0.25, 0.3) is 10.8 Å². The first-order valence-corrected chi connectivity index (χ1v) is 20.7. The Morgan fingerprint density at radius 3 is 2.46 bits per heavy atom. The van der Waals surface area contributed by atoms with Crippen LogP contribution in [-0.2, 0) is 32.0 Å². The number of carbonyl (C=O) groups is 2. The van der Waals surface area contributed by atoms with E-state index in [4.69, 9.17) is 40.5 Å². The summed E-state index contributed by atoms with van der Waals surface area (Å²) in [4.78, 5) is 44.0. The van der Waals surface area contributed by atoms with Gasteiger partial charge in [-0.25, -0.2) is 4.79 Å². The molecule has 1 aromatic heterocycles. The standard InChI is InChI=1S/C43H58ClN7O6/c1-42(2,3)56-37(52)18-26-54-25-10-21-48-20-9-13-32(48)29-55-40-46-35-28-49(36-15-8-12-30-11-7-14-34(44)38(30)36)22-17-33(35)39(47-40)50-23-24-51(31(27-50)16-19-45)41(53)57-43(4,5)6/h7-8,11-12,14-15,31-32H,9-10,13,16-18,20-29H2,1-6H3/t31-,32-/m0/s1. The van der Waals surface area contributed by atoms with Gasteiger partial charge in [-0.05, 0) is 91.3 Å². The fraction of sp³-hybridized carbons (Fsp3) is 0.605. The van der Waals surface area contributed by atoms with Crippen LogP contribution in [0, 0.1) is 11.3 Å². The largest absolute Gasteiger partial charge is 0.462 e. The smallest absolute Gasteiger partial charge is 0.410 e. The molecular weight excluding hydrogens is 746 g/mol. The van der Waals surface area contributed by atoms with E-state index in [2.05, 4.69) is 45.0 Å². The number of piperazine rings is 1. The number of halogens is 1. The topological polar surface area (TPSA) is 134 Å². The minimum absolute atomic E-state index is 0.175. The summed E-state index contributed by atoms with van der Waals surface area (Å²) < 4.78 is 23.4. The van der Waals surface area contributed by atoms with Crippen LogP contribution in [0.2, 0.25) is 5.02 Å². The fourth-order valence-corrected chi connectivity index (χ4v) is 8.20. The summed E-state index contributed by atoms with van der Waals surface area (Å²) in [6.45, 7) is 17.0. The number of anilines is 2. The Kier molecular flexibility index (Phi) is 13.7. The summed E-state index contributed by atoms with van der Waals surface area (Å²) in [6, 6.07) is 14.7. The van der Waals surface area contributed by atoms with Gasteiger partial charge in [-0.3, -0.25) is 9.69 Å². The molecule has 4 heterocycles. The zero-order valence-electron chi connectivity index (χ0n) is 34.4. The van der Waals surface area contributed by atoms with Crippen molar-refractivity contribution < 1.29 is 28.5 Å². The summed E-state index contributed by atoms with van der Waals surface area (Å²) >= 11 is 6.78. The lowest BCUT2D eigenvalue weighted by atomic mass is 10.0. The van der Waals surface area contributed by atoms with Gasteiger partial charge in [-0.2, -0.15) is 15.2 Å². The van der Waals surface area contributed by atoms with Gasteiger partial charge in [0.25, 0.3) is 0 Å². The van der Waals surface area contributed by atoms with Crippen molar-refractivity contribution in [2.45, 2.75) is 110 Å². The highest BCUT2D eigenvalue weighted by molar-refractivity contribution is 6.36. The van der Waals surface area contributed by atoms with Gasteiger partial charge in [0.15, 0.2) is 0 Å². The molecule has 0 radical (unpaired) electrons. The maximum absolute atomic E-state index is 13.2. The maximum atomic E-state index is 13.2. The number of esters is 1. The van der Waals surface area contributed by atoms with Crippen LogP contribution >= 0.6 is 11.6 Å². The van der Waals surface area contributed by atoms with Crippen molar-refractivity contribution in [1.82, 2.24) is 19.8 Å². The molecule has 3 aliphatic rings. The van der Waals surface area contributed by atoms with Crippen molar-refractivity contribution >= 4 is 45.9 Å². The van der Waals surface area contributed by atoms with Crippen LogP contribution in [0.4, 0.5) is 16.3 Å². The summed E-state index contributed by atoms with van der Waals surface area (Å²) in [6.07, 6.45) is 3.65. The molecule has 13 nitrogen and oxygen atoms in total. The molecule has 1 amide bonds. The second-order valence-corrected chi connectivity index (χ2v) is 17.5. The van der Waals surface area contributed by atoms with E-state index in [0.29, 0.717) is 63.5 Å². The summed E-state index contributed by atoms with van der Waals surface area (Å²) in [5, 5.41) is 12.6. The predicted octanol–water partition coefficient (Wildman–Crippen LogP) is 7.17. The Morgan fingerprint density at radius 1 is 0.930 bits per heavy atom. The average molecular weight is 804 g/mol. The van der Waals surface area contributed by atoms with Crippen LogP contribution in [0.15, 0.2) is 36.4 Å². The van der Waals surface area contributed by atoms with Gasteiger partial charge >= 0.3 is 18.1 Å². The molecule has 0 N–H and O–H groups in total. The number of hydrogen-bond acceptors (Lipinski definition) is 12.